The Morgan fingerprint density at radius 1 is 0.592 bits per heavy atom. The second-order valence-corrected chi connectivity index (χ2v) is 32.7. The Morgan fingerprint density at radius 3 is 1.45 bits per heavy atom. The maximum Gasteiger partial charge on any atom is 0.351 e. The lowest BCUT2D eigenvalue weighted by molar-refractivity contribution is -0.152. The topological polar surface area (TPSA) is 414 Å². The molecule has 6 N–H and O–H groups in total. The molecule has 0 saturated carbocycles. The number of para-hydroxylation sites is 2. The zero-order chi connectivity index (χ0) is 84.2. The van der Waals surface area contributed by atoms with Crippen molar-refractivity contribution in [3.8, 4) is 69.6 Å². The molecule has 4 fully saturated rings. The summed E-state index contributed by atoms with van der Waals surface area (Å²) in [5.74, 6) is -1.36. The Hall–Kier alpha value is -12.1. The highest BCUT2D eigenvalue weighted by Crippen LogP contribution is 2.67. The number of phenols is 2. The average Bonchev–Trinajstić information content (AvgIpc) is 1.34. The molecule has 624 valence electrons. The van der Waals surface area contributed by atoms with E-state index in [1.807, 2.05) is 32.9 Å². The van der Waals surface area contributed by atoms with E-state index >= 15 is 0 Å². The first-order valence-corrected chi connectivity index (χ1v) is 40.4. The predicted octanol–water partition coefficient (Wildman–Crippen LogP) is 9.94. The molecule has 11 aliphatic heterocycles. The van der Waals surface area contributed by atoms with Crippen LogP contribution in [0.4, 0.5) is 0 Å². The molecule has 6 aromatic carbocycles. The maximum atomic E-state index is 14.1. The van der Waals surface area contributed by atoms with Crippen molar-refractivity contribution in [3.63, 3.8) is 0 Å². The van der Waals surface area contributed by atoms with Crippen LogP contribution < -0.4 is 60.2 Å². The third-order valence-corrected chi connectivity index (χ3v) is 26.6. The van der Waals surface area contributed by atoms with Crippen LogP contribution in [0, 0.1) is 50.4 Å². The van der Waals surface area contributed by atoms with E-state index in [1.54, 1.807) is 67.6 Å². The minimum atomic E-state index is -1.27. The van der Waals surface area contributed by atoms with Crippen LogP contribution in [0.25, 0.3) is 21.9 Å². The number of aromatic carboxylic acids is 1. The molecule has 120 heavy (non-hydrogen) atoms. The number of amides is 1. The third kappa shape index (κ3) is 13.7. The van der Waals surface area contributed by atoms with E-state index < -0.39 is 124 Å². The zero-order valence-corrected chi connectivity index (χ0v) is 67.4. The summed E-state index contributed by atoms with van der Waals surface area (Å²) in [4.78, 5) is 110. The van der Waals surface area contributed by atoms with Crippen molar-refractivity contribution < 1.29 is 100 Å². The number of benzene rings is 6. The van der Waals surface area contributed by atoms with Gasteiger partial charge >= 0.3 is 41.1 Å². The third-order valence-electron chi connectivity index (χ3n) is 23.7. The first-order chi connectivity index (χ1) is 57.3. The van der Waals surface area contributed by atoms with E-state index in [2.05, 4.69) is 50.2 Å². The highest BCUT2D eigenvalue weighted by Gasteiger charge is 2.64. The number of thioether (sulfide) groups is 2. The maximum absolute atomic E-state index is 14.1. The minimum absolute atomic E-state index is 0. The summed E-state index contributed by atoms with van der Waals surface area (Å²) in [5, 5.41) is 57.5. The highest BCUT2D eigenvalue weighted by molar-refractivity contribution is 7.99. The van der Waals surface area contributed by atoms with Gasteiger partial charge in [0.15, 0.2) is 46.0 Å². The van der Waals surface area contributed by atoms with Crippen LogP contribution in [0.5, 0.6) is 57.5 Å². The molecule has 8 aromatic rings. The van der Waals surface area contributed by atoms with Gasteiger partial charge in [-0.15, -0.1) is 36.7 Å². The lowest BCUT2D eigenvalue weighted by Crippen LogP contribution is -2.70. The van der Waals surface area contributed by atoms with E-state index in [-0.39, 0.29) is 80.1 Å². The van der Waals surface area contributed by atoms with Crippen LogP contribution >= 0.6 is 23.5 Å². The molecule has 0 radical (unpaired) electrons. The summed E-state index contributed by atoms with van der Waals surface area (Å²) in [6.45, 7) is 18.3. The quantitative estimate of drug-likeness (QED) is 0.0348. The van der Waals surface area contributed by atoms with Gasteiger partial charge in [-0.3, -0.25) is 38.8 Å². The van der Waals surface area contributed by atoms with Crippen LogP contribution in [0.15, 0.2) is 117 Å². The van der Waals surface area contributed by atoms with Crippen molar-refractivity contribution >= 4 is 81.2 Å². The second-order valence-electron chi connectivity index (χ2n) is 30.3. The van der Waals surface area contributed by atoms with Crippen molar-refractivity contribution in [2.24, 2.45) is 5.73 Å². The number of methoxy groups -OCH3 is 2. The molecule has 1 amide bonds. The van der Waals surface area contributed by atoms with Gasteiger partial charge in [-0.05, 0) is 87.1 Å². The SMILES string of the molecule is C.C=CCN1[C@@H]2c3c(cc(C)c(OC)c3O)C[C@H]1[C@H](C#N)N1C2[C@@H]2SCC(N)C(=O)OC[C@H]1c1c3c(c(C)c(OC(C)=O)c12)OCO3.C=CCN1[C@@H]2c3c(cc(C)c(OC)c3O)C[C@H]1[C@H](C#N)N1C2[C@@H]2SCC(NC(=O)c3cc4ccccc4oc3=O)C(=O)OC[C@H]1c1c3c(c(C)c(OC(C)=O)c12)OCO3.O=C(O)c1cc2ccccc2oc1=O. The number of esters is 4. The number of phenolic OH excluding ortho intramolecular Hbond substituents is 2. The molecule has 4 unspecified atom stereocenters. The predicted molar refractivity (Wildman–Crippen MR) is 436 cm³/mol. The van der Waals surface area contributed by atoms with Crippen molar-refractivity contribution in [2.75, 3.05) is 65.6 Å². The molecular formula is C87H86N8O23S2. The first kappa shape index (κ1) is 83.0. The number of nitrogens with zero attached hydrogens (tertiary/aromatic N) is 6. The number of ether oxygens (including phenoxy) is 10. The van der Waals surface area contributed by atoms with Crippen molar-refractivity contribution in [1.29, 1.82) is 10.5 Å². The summed E-state index contributed by atoms with van der Waals surface area (Å²) in [6, 6.07) is 17.4. The van der Waals surface area contributed by atoms with Gasteiger partial charge in [-0.1, -0.05) is 68.1 Å². The fourth-order valence-corrected chi connectivity index (χ4v) is 22.2. The van der Waals surface area contributed by atoms with Gasteiger partial charge in [0.05, 0.1) is 61.0 Å². The monoisotopic (exact) mass is 1670 g/mol. The molecule has 2 aromatic heterocycles. The Bertz CT molecular complexity index is 5860. The molecule has 13 heterocycles. The van der Waals surface area contributed by atoms with Gasteiger partial charge in [0.1, 0.15) is 71.2 Å². The molecule has 14 atom stereocenters. The number of hydrogen-bond acceptors (Lipinski definition) is 31. The summed E-state index contributed by atoms with van der Waals surface area (Å²) in [6.07, 6.45) is 4.48. The number of cyclic esters (lactones) is 1. The van der Waals surface area contributed by atoms with Crippen molar-refractivity contribution in [1.82, 2.24) is 24.9 Å². The van der Waals surface area contributed by atoms with Crippen LogP contribution in [-0.2, 0) is 41.5 Å². The standard InChI is InChI=1S/C43H40N4O11S.C33H36N4O8S.C10H6O4.CH4/c1-6-11-46-26-14-23-12-19(2)36(53-5)35(49)30(23)33(46)34-40-32-31(39-38(55-18-56-39)20(3)37(32)57-21(4)48)28(47(34)27(26)15-44)16-54-43(52)25(17-59-40)45-41(50)24-13-22-9-7-8-10-29(22)58-42(24)51;1-6-7-36-19-9-17-8-14(2)28(41-5)27(39)22(17)25(36)26-32-24-23(31-30(43-13-44-31)15(3)29(24)45-16(4)38)21(37(26)20(19)10-34)11-42-33(40)18(35)12-46-32;11-9(12)7-5-6-3-1-2-4-8(6)14-10(7)13;/h6-10,12-13,25-28,33-34,40,49H,1,11,14,16-18H2,2-5H3,(H,45,50);6,8,18-21,25-26,32,39H,1,7,9,11-13,35H2,2-5H3;1-5H,(H,11,12);1H4/t25?,26-,27-,28-,33+,34?,40+;18?,19-,20-,21-,25+,26?,32+;;/m00../s1. The lowest BCUT2D eigenvalue weighted by atomic mass is 9.71. The fourth-order valence-electron chi connectivity index (χ4n) is 19.2. The number of carboxylic acid groups (broad SMARTS) is 1. The number of carbonyl (C=O) groups is 6. The summed E-state index contributed by atoms with van der Waals surface area (Å²) in [7, 11) is 3.03. The number of rotatable bonds is 11. The van der Waals surface area contributed by atoms with Crippen LogP contribution in [-0.4, -0.2) is 185 Å². The molecule has 0 aliphatic carbocycles. The Kier molecular flexibility index (Phi) is 22.8. The van der Waals surface area contributed by atoms with Crippen LogP contribution in [0.2, 0.25) is 0 Å². The normalized spacial score (nSPS) is 25.0. The van der Waals surface area contributed by atoms with Gasteiger partial charge in [0, 0.05) is 118 Å². The number of nitriles is 2. The molecule has 31 nitrogen and oxygen atoms in total. The largest absolute Gasteiger partial charge is 0.504 e. The zero-order valence-electron chi connectivity index (χ0n) is 65.7. The van der Waals surface area contributed by atoms with Crippen LogP contribution in [0.1, 0.15) is 143 Å². The summed E-state index contributed by atoms with van der Waals surface area (Å²) in [5.41, 5.74) is 13.0. The fraction of sp³-hybridized carbons (Fsp3) is 0.379. The Labute approximate surface area is 695 Å². The Morgan fingerprint density at radius 2 is 1.02 bits per heavy atom. The number of fused-ring (bicyclic) bond motifs is 21. The second kappa shape index (κ2) is 32.9. The lowest BCUT2D eigenvalue weighted by Gasteiger charge is -2.62. The number of nitrogens with two attached hydrogens (primary N) is 1. The molecular weight excluding hydrogens is 1590 g/mol. The van der Waals surface area contributed by atoms with Gasteiger partial charge in [0.25, 0.3) is 5.91 Å². The summed E-state index contributed by atoms with van der Waals surface area (Å²) < 4.78 is 69.9. The molecule has 11 aliphatic rings. The highest BCUT2D eigenvalue weighted by atomic mass is 32.2. The summed E-state index contributed by atoms with van der Waals surface area (Å²) >= 11 is 2.72. The number of carboxylic acids is 1. The van der Waals surface area contributed by atoms with E-state index in [1.165, 1.54) is 63.7 Å². The number of aryl methyl sites for hydroxylation is 2. The molecule has 19 rings (SSSR count). The molecule has 0 spiro atoms. The van der Waals surface area contributed by atoms with E-state index in [0.29, 0.717) is 133 Å². The van der Waals surface area contributed by atoms with Gasteiger partial charge in [-0.2, -0.15) is 10.5 Å². The number of carbonyl (C=O) groups excluding carboxylic acids is 5. The van der Waals surface area contributed by atoms with Crippen molar-refractivity contribution in [2.45, 2.75) is 145 Å². The molecule has 8 bridgehead atoms. The Balaban J connectivity index is 0.000000163. The van der Waals surface area contributed by atoms with Gasteiger partial charge in [-0.25, -0.2) is 19.2 Å². The number of nitrogens with one attached hydrogen (secondary N) is 1. The van der Waals surface area contributed by atoms with E-state index in [0.717, 1.165) is 22.3 Å². The molecule has 4 saturated heterocycles. The van der Waals surface area contributed by atoms with Crippen molar-refractivity contribution in [3.05, 3.63) is 197 Å². The van der Waals surface area contributed by atoms with Gasteiger partial charge < -0.3 is 82.6 Å². The molecule has 33 heteroatoms. The minimum Gasteiger partial charge on any atom is -0.504 e. The van der Waals surface area contributed by atoms with E-state index in [9.17, 15) is 59.1 Å². The first-order valence-electron chi connectivity index (χ1n) is 38.3. The number of hydrogen-bond donors (Lipinski definition) is 5. The van der Waals surface area contributed by atoms with E-state index in [4.69, 9.17) is 67.0 Å². The van der Waals surface area contributed by atoms with Gasteiger partial charge in [0.2, 0.25) is 13.6 Å². The number of aromatic hydroxyl groups is 2. The smallest absolute Gasteiger partial charge is 0.351 e. The van der Waals surface area contributed by atoms with Crippen LogP contribution in [0.3, 0.4) is 0 Å². The number of piperazine rings is 2. The average molecular weight is 1680 g/mol.